The van der Waals surface area contributed by atoms with Crippen molar-refractivity contribution in [3.05, 3.63) is 18.2 Å². The van der Waals surface area contributed by atoms with Crippen LogP contribution >= 0.6 is 0 Å². The SMILES string of the molecule is CC(C)CC(CO)NC(=O)Nc1ccc2oc(N(C)C)nc2c1. The number of nitrogens with zero attached hydrogens (tertiary/aromatic N) is 2. The zero-order valence-electron chi connectivity index (χ0n) is 14.0. The summed E-state index contributed by atoms with van der Waals surface area (Å²) in [4.78, 5) is 18.1. The zero-order chi connectivity index (χ0) is 17.0. The van der Waals surface area contributed by atoms with Crippen molar-refractivity contribution >= 4 is 28.8 Å². The lowest BCUT2D eigenvalue weighted by Crippen LogP contribution is -2.40. The van der Waals surface area contributed by atoms with E-state index in [1.807, 2.05) is 27.9 Å². The molecule has 0 bridgehead atoms. The number of aliphatic hydroxyl groups excluding tert-OH is 1. The van der Waals surface area contributed by atoms with Gasteiger partial charge in [0, 0.05) is 19.8 Å². The van der Waals surface area contributed by atoms with E-state index in [0.717, 1.165) is 6.42 Å². The molecule has 7 nitrogen and oxygen atoms in total. The van der Waals surface area contributed by atoms with Gasteiger partial charge in [-0.25, -0.2) is 4.79 Å². The molecule has 2 aromatic rings. The van der Waals surface area contributed by atoms with E-state index in [9.17, 15) is 9.90 Å². The summed E-state index contributed by atoms with van der Waals surface area (Å²) < 4.78 is 5.57. The number of urea groups is 1. The Kier molecular flexibility index (Phi) is 5.44. The van der Waals surface area contributed by atoms with Crippen molar-refractivity contribution in [1.82, 2.24) is 10.3 Å². The number of benzene rings is 1. The van der Waals surface area contributed by atoms with Crippen molar-refractivity contribution in [2.45, 2.75) is 26.3 Å². The second kappa shape index (κ2) is 7.32. The van der Waals surface area contributed by atoms with Gasteiger partial charge in [0.15, 0.2) is 5.58 Å². The van der Waals surface area contributed by atoms with Crippen LogP contribution in [-0.4, -0.2) is 42.9 Å². The molecule has 0 aliphatic carbocycles. The van der Waals surface area contributed by atoms with Crippen LogP contribution < -0.4 is 15.5 Å². The first kappa shape index (κ1) is 17.1. The summed E-state index contributed by atoms with van der Waals surface area (Å²) in [6, 6.07) is 5.18. The van der Waals surface area contributed by atoms with Gasteiger partial charge >= 0.3 is 6.03 Å². The molecule has 0 aliphatic rings. The van der Waals surface area contributed by atoms with E-state index in [1.165, 1.54) is 0 Å². The Balaban J connectivity index is 2.04. The molecule has 1 unspecified atom stereocenters. The average molecular weight is 320 g/mol. The lowest BCUT2D eigenvalue weighted by Gasteiger charge is -2.18. The van der Waals surface area contributed by atoms with Crippen LogP contribution in [0.4, 0.5) is 16.5 Å². The minimum Gasteiger partial charge on any atom is -0.423 e. The predicted octanol–water partition coefficient (Wildman–Crippen LogP) is 2.42. The lowest BCUT2D eigenvalue weighted by atomic mass is 10.0. The summed E-state index contributed by atoms with van der Waals surface area (Å²) in [5, 5.41) is 14.8. The van der Waals surface area contributed by atoms with Crippen LogP contribution in [0, 0.1) is 5.92 Å². The van der Waals surface area contributed by atoms with Gasteiger partial charge in [-0.05, 0) is 30.5 Å². The number of amides is 2. The van der Waals surface area contributed by atoms with Gasteiger partial charge in [0.1, 0.15) is 5.52 Å². The molecule has 0 saturated carbocycles. The number of hydrogen-bond donors (Lipinski definition) is 3. The quantitative estimate of drug-likeness (QED) is 0.760. The van der Waals surface area contributed by atoms with E-state index >= 15 is 0 Å². The molecule has 7 heteroatoms. The average Bonchev–Trinajstić information content (AvgIpc) is 2.89. The lowest BCUT2D eigenvalue weighted by molar-refractivity contribution is 0.214. The highest BCUT2D eigenvalue weighted by Gasteiger charge is 2.14. The zero-order valence-corrected chi connectivity index (χ0v) is 14.0. The van der Waals surface area contributed by atoms with Crippen LogP contribution in [0.2, 0.25) is 0 Å². The van der Waals surface area contributed by atoms with Crippen molar-refractivity contribution in [1.29, 1.82) is 0 Å². The normalized spacial score (nSPS) is 12.4. The maximum atomic E-state index is 12.0. The molecule has 2 rings (SSSR count). The number of oxazole rings is 1. The van der Waals surface area contributed by atoms with Gasteiger partial charge in [-0.15, -0.1) is 0 Å². The first-order valence-electron chi connectivity index (χ1n) is 7.65. The standard InChI is InChI=1S/C16H24N4O3/c1-10(2)7-12(9-21)18-15(22)17-11-5-6-14-13(8-11)19-16(23-14)20(3)4/h5-6,8,10,12,21H,7,9H2,1-4H3,(H2,17,18,22). The summed E-state index contributed by atoms with van der Waals surface area (Å²) in [6.45, 7) is 4.01. The number of hydrogen-bond acceptors (Lipinski definition) is 5. The number of carbonyl (C=O) groups is 1. The summed E-state index contributed by atoms with van der Waals surface area (Å²) in [6.07, 6.45) is 0.721. The Morgan fingerprint density at radius 3 is 2.74 bits per heavy atom. The molecule has 1 atom stereocenters. The summed E-state index contributed by atoms with van der Waals surface area (Å²) >= 11 is 0. The van der Waals surface area contributed by atoms with Gasteiger partial charge in [0.2, 0.25) is 0 Å². The van der Waals surface area contributed by atoms with Crippen LogP contribution in [0.3, 0.4) is 0 Å². The molecule has 0 fully saturated rings. The molecule has 23 heavy (non-hydrogen) atoms. The van der Waals surface area contributed by atoms with E-state index in [4.69, 9.17) is 4.42 Å². The van der Waals surface area contributed by atoms with Gasteiger partial charge in [0.05, 0.1) is 12.6 Å². The van der Waals surface area contributed by atoms with Crippen molar-refractivity contribution < 1.29 is 14.3 Å². The number of carbonyl (C=O) groups excluding carboxylic acids is 1. The van der Waals surface area contributed by atoms with Crippen LogP contribution in [0.25, 0.3) is 11.1 Å². The maximum Gasteiger partial charge on any atom is 0.319 e. The predicted molar refractivity (Wildman–Crippen MR) is 90.8 cm³/mol. The first-order valence-corrected chi connectivity index (χ1v) is 7.65. The Morgan fingerprint density at radius 2 is 2.13 bits per heavy atom. The second-order valence-corrected chi connectivity index (χ2v) is 6.18. The van der Waals surface area contributed by atoms with Crippen molar-refractivity contribution in [3.8, 4) is 0 Å². The van der Waals surface area contributed by atoms with E-state index in [1.54, 1.807) is 23.1 Å². The Morgan fingerprint density at radius 1 is 1.39 bits per heavy atom. The van der Waals surface area contributed by atoms with Crippen LogP contribution in [0.1, 0.15) is 20.3 Å². The highest BCUT2D eigenvalue weighted by Crippen LogP contribution is 2.23. The largest absolute Gasteiger partial charge is 0.423 e. The Labute approximate surface area is 135 Å². The van der Waals surface area contributed by atoms with Crippen molar-refractivity contribution in [2.75, 3.05) is 30.9 Å². The topological polar surface area (TPSA) is 90.6 Å². The monoisotopic (exact) mass is 320 g/mol. The van der Waals surface area contributed by atoms with Crippen LogP contribution in [0.15, 0.2) is 22.6 Å². The maximum absolute atomic E-state index is 12.0. The van der Waals surface area contributed by atoms with Crippen molar-refractivity contribution in [2.24, 2.45) is 5.92 Å². The highest BCUT2D eigenvalue weighted by atomic mass is 16.4. The number of aromatic nitrogens is 1. The molecule has 1 aromatic heterocycles. The minimum atomic E-state index is -0.347. The van der Waals surface area contributed by atoms with Gasteiger partial charge in [-0.3, -0.25) is 0 Å². The van der Waals surface area contributed by atoms with E-state index < -0.39 is 0 Å². The molecule has 0 spiro atoms. The molecular formula is C16H24N4O3. The third kappa shape index (κ3) is 4.59. The fraction of sp³-hybridized carbons (Fsp3) is 0.500. The number of anilines is 2. The number of fused-ring (bicyclic) bond motifs is 1. The first-order chi connectivity index (χ1) is 10.9. The smallest absolute Gasteiger partial charge is 0.319 e. The molecule has 126 valence electrons. The van der Waals surface area contributed by atoms with E-state index in [2.05, 4.69) is 15.6 Å². The Hall–Kier alpha value is -2.28. The van der Waals surface area contributed by atoms with Gasteiger partial charge in [0.25, 0.3) is 6.01 Å². The highest BCUT2D eigenvalue weighted by molar-refractivity contribution is 5.92. The summed E-state index contributed by atoms with van der Waals surface area (Å²) in [5.74, 6) is 0.392. The molecular weight excluding hydrogens is 296 g/mol. The second-order valence-electron chi connectivity index (χ2n) is 6.18. The van der Waals surface area contributed by atoms with E-state index in [-0.39, 0.29) is 18.7 Å². The third-order valence-corrected chi connectivity index (χ3v) is 3.33. The molecule has 0 aliphatic heterocycles. The summed E-state index contributed by atoms with van der Waals surface area (Å²) in [7, 11) is 3.70. The van der Waals surface area contributed by atoms with Gasteiger partial charge in [-0.1, -0.05) is 13.8 Å². The molecule has 1 heterocycles. The fourth-order valence-corrected chi connectivity index (χ4v) is 2.29. The Bertz CT molecular complexity index is 666. The van der Waals surface area contributed by atoms with Crippen molar-refractivity contribution in [3.63, 3.8) is 0 Å². The van der Waals surface area contributed by atoms with Crippen LogP contribution in [0.5, 0.6) is 0 Å². The van der Waals surface area contributed by atoms with Gasteiger partial charge < -0.3 is 25.1 Å². The number of aliphatic hydroxyl groups is 1. The fourth-order valence-electron chi connectivity index (χ4n) is 2.29. The molecule has 1 aromatic carbocycles. The third-order valence-electron chi connectivity index (χ3n) is 3.33. The van der Waals surface area contributed by atoms with Crippen LogP contribution in [-0.2, 0) is 0 Å². The number of nitrogens with one attached hydrogen (secondary N) is 2. The molecule has 0 radical (unpaired) electrons. The van der Waals surface area contributed by atoms with Gasteiger partial charge in [-0.2, -0.15) is 4.98 Å². The number of rotatable bonds is 6. The molecule has 3 N–H and O–H groups in total. The molecule has 2 amide bonds. The molecule has 0 saturated heterocycles. The minimum absolute atomic E-state index is 0.0832. The summed E-state index contributed by atoms with van der Waals surface area (Å²) in [5.41, 5.74) is 1.95. The van der Waals surface area contributed by atoms with E-state index in [0.29, 0.717) is 28.7 Å².